The van der Waals surface area contributed by atoms with Crippen LogP contribution < -0.4 is 15.4 Å². The van der Waals surface area contributed by atoms with Crippen LogP contribution in [0.2, 0.25) is 0 Å². The van der Waals surface area contributed by atoms with E-state index in [1.807, 2.05) is 38.4 Å². The molecule has 3 aliphatic rings. The van der Waals surface area contributed by atoms with E-state index in [4.69, 9.17) is 4.74 Å². The molecule has 8 heteroatoms. The van der Waals surface area contributed by atoms with Crippen LogP contribution in [0, 0.1) is 11.8 Å². The molecular formula is C20H25N5O3. The van der Waals surface area contributed by atoms with E-state index in [0.29, 0.717) is 29.5 Å². The Balaban J connectivity index is 1.48. The summed E-state index contributed by atoms with van der Waals surface area (Å²) in [5, 5.41) is 19.6. The van der Waals surface area contributed by atoms with Crippen LogP contribution in [0.5, 0.6) is 5.88 Å². The Morgan fingerprint density at radius 1 is 1.32 bits per heavy atom. The summed E-state index contributed by atoms with van der Waals surface area (Å²) in [6.07, 6.45) is 5.45. The maximum absolute atomic E-state index is 11.3. The number of ether oxygens (including phenoxy) is 1. The van der Waals surface area contributed by atoms with E-state index in [-0.39, 0.29) is 6.10 Å². The first-order chi connectivity index (χ1) is 13.4. The molecule has 2 aromatic rings. The molecule has 0 radical (unpaired) electrons. The summed E-state index contributed by atoms with van der Waals surface area (Å²) in [4.78, 5) is 15.9. The molecule has 3 atom stereocenters. The molecule has 148 valence electrons. The van der Waals surface area contributed by atoms with Crippen LogP contribution in [0.1, 0.15) is 43.7 Å². The zero-order chi connectivity index (χ0) is 19.5. The average molecular weight is 383 g/mol. The van der Waals surface area contributed by atoms with Gasteiger partial charge < -0.3 is 20.5 Å². The third kappa shape index (κ3) is 3.22. The zero-order valence-corrected chi connectivity index (χ0v) is 16.1. The Morgan fingerprint density at radius 3 is 2.75 bits per heavy atom. The van der Waals surface area contributed by atoms with Crippen molar-refractivity contribution in [2.24, 2.45) is 11.8 Å². The predicted octanol–water partition coefficient (Wildman–Crippen LogP) is 2.24. The molecule has 2 aliphatic carbocycles. The van der Waals surface area contributed by atoms with Gasteiger partial charge in [-0.05, 0) is 49.8 Å². The van der Waals surface area contributed by atoms with E-state index >= 15 is 0 Å². The molecule has 3 N–H and O–H groups in total. The first kappa shape index (κ1) is 17.5. The van der Waals surface area contributed by atoms with Gasteiger partial charge in [-0.2, -0.15) is 10.1 Å². The van der Waals surface area contributed by atoms with E-state index in [1.54, 1.807) is 4.68 Å². The van der Waals surface area contributed by atoms with Gasteiger partial charge in [-0.3, -0.25) is 0 Å². The Morgan fingerprint density at radius 2 is 2.07 bits per heavy atom. The first-order valence-electron chi connectivity index (χ1n) is 9.87. The quantitative estimate of drug-likeness (QED) is 0.707. The largest absolute Gasteiger partial charge is 0.474 e. The summed E-state index contributed by atoms with van der Waals surface area (Å²) in [5.41, 5.74) is 1.23. The van der Waals surface area contributed by atoms with E-state index in [1.165, 1.54) is 18.4 Å². The summed E-state index contributed by atoms with van der Waals surface area (Å²) in [5.74, 6) is 2.87. The second kappa shape index (κ2) is 6.20. The van der Waals surface area contributed by atoms with Gasteiger partial charge in [0.2, 0.25) is 5.88 Å². The minimum absolute atomic E-state index is 0.187. The number of amides is 1. The molecule has 8 nitrogen and oxygen atoms in total. The maximum Gasteiger partial charge on any atom is 0.405 e. The van der Waals surface area contributed by atoms with Crippen molar-refractivity contribution in [3.8, 4) is 11.7 Å². The van der Waals surface area contributed by atoms with Crippen LogP contribution in [0.25, 0.3) is 5.82 Å². The molecule has 5 rings (SSSR count). The average Bonchev–Trinajstić information content (AvgIpc) is 3.45. The van der Waals surface area contributed by atoms with Crippen LogP contribution in [0.4, 0.5) is 4.79 Å². The van der Waals surface area contributed by atoms with Gasteiger partial charge in [0, 0.05) is 37.2 Å². The molecule has 1 aliphatic heterocycles. The van der Waals surface area contributed by atoms with Crippen LogP contribution >= 0.6 is 0 Å². The Bertz CT molecular complexity index is 910. The van der Waals surface area contributed by atoms with Gasteiger partial charge in [-0.25, -0.2) is 9.48 Å². The maximum atomic E-state index is 11.3. The Kier molecular flexibility index (Phi) is 3.87. The minimum Gasteiger partial charge on any atom is -0.474 e. The number of fused-ring (bicyclic) bond motifs is 1. The molecule has 0 spiro atoms. The molecule has 0 bridgehead atoms. The highest BCUT2D eigenvalue weighted by Gasteiger charge is 2.55. The van der Waals surface area contributed by atoms with E-state index in [0.717, 1.165) is 18.7 Å². The van der Waals surface area contributed by atoms with Crippen LogP contribution in [0.15, 0.2) is 24.5 Å². The zero-order valence-electron chi connectivity index (χ0n) is 16.1. The Labute approximate surface area is 163 Å². The molecule has 1 saturated heterocycles. The SMILES string of the molecule is CC(C)(NC(=O)O)c1cc(OC2[C@H]3CNC[C@@H]23)nc(-n2cc(C3CC3)cn2)c1. The molecule has 3 heterocycles. The number of pyridine rings is 1. The van der Waals surface area contributed by atoms with Gasteiger partial charge >= 0.3 is 6.09 Å². The van der Waals surface area contributed by atoms with E-state index in [9.17, 15) is 9.90 Å². The fourth-order valence-corrected chi connectivity index (χ4v) is 4.13. The number of carbonyl (C=O) groups is 1. The van der Waals surface area contributed by atoms with Gasteiger partial charge in [0.25, 0.3) is 0 Å². The minimum atomic E-state index is -1.07. The first-order valence-corrected chi connectivity index (χ1v) is 9.87. The summed E-state index contributed by atoms with van der Waals surface area (Å²) >= 11 is 0. The van der Waals surface area contributed by atoms with Crippen molar-refractivity contribution in [1.82, 2.24) is 25.4 Å². The van der Waals surface area contributed by atoms with Crippen molar-refractivity contribution >= 4 is 6.09 Å². The number of nitrogens with one attached hydrogen (secondary N) is 2. The van der Waals surface area contributed by atoms with Crippen molar-refractivity contribution in [3.05, 3.63) is 35.7 Å². The van der Waals surface area contributed by atoms with Gasteiger partial charge in [0.15, 0.2) is 5.82 Å². The van der Waals surface area contributed by atoms with Crippen molar-refractivity contribution < 1.29 is 14.6 Å². The van der Waals surface area contributed by atoms with Crippen LogP contribution in [-0.4, -0.2) is 45.2 Å². The highest BCUT2D eigenvalue weighted by molar-refractivity contribution is 5.66. The highest BCUT2D eigenvalue weighted by atomic mass is 16.5. The number of hydrogen-bond acceptors (Lipinski definition) is 5. The molecule has 28 heavy (non-hydrogen) atoms. The van der Waals surface area contributed by atoms with E-state index < -0.39 is 11.6 Å². The van der Waals surface area contributed by atoms with Crippen molar-refractivity contribution in [1.29, 1.82) is 0 Å². The van der Waals surface area contributed by atoms with Gasteiger partial charge in [0.1, 0.15) is 6.10 Å². The van der Waals surface area contributed by atoms with Crippen LogP contribution in [-0.2, 0) is 5.54 Å². The molecule has 0 aromatic carbocycles. The Hall–Kier alpha value is -2.61. The fourth-order valence-electron chi connectivity index (χ4n) is 4.13. The third-order valence-electron chi connectivity index (χ3n) is 6.09. The van der Waals surface area contributed by atoms with Gasteiger partial charge in [-0.1, -0.05) is 0 Å². The molecule has 2 saturated carbocycles. The highest BCUT2D eigenvalue weighted by Crippen LogP contribution is 2.44. The molecule has 1 unspecified atom stereocenters. The van der Waals surface area contributed by atoms with E-state index in [2.05, 4.69) is 20.7 Å². The van der Waals surface area contributed by atoms with Crippen molar-refractivity contribution in [2.45, 2.75) is 44.2 Å². The second-order valence-corrected chi connectivity index (χ2v) is 8.67. The lowest BCUT2D eigenvalue weighted by Crippen LogP contribution is -2.40. The van der Waals surface area contributed by atoms with Gasteiger partial charge in [0.05, 0.1) is 11.7 Å². The summed E-state index contributed by atoms with van der Waals surface area (Å²) in [7, 11) is 0. The topological polar surface area (TPSA) is 101 Å². The lowest BCUT2D eigenvalue weighted by molar-refractivity contribution is 0.182. The number of carboxylic acid groups (broad SMARTS) is 1. The standard InChI is InChI=1S/C20H25N5O3/c1-20(2,24-19(26)27)13-5-16(25-10-12(7-22-25)11-3-4-11)23-17(6-13)28-18-14-8-21-9-15(14)18/h5-7,10-11,14-15,18,21,24H,3-4,8-9H2,1-2H3,(H,26,27)/t14-,15+,18?. The summed E-state index contributed by atoms with van der Waals surface area (Å²) in [6, 6.07) is 3.72. The number of aromatic nitrogens is 3. The fraction of sp³-hybridized carbons (Fsp3) is 0.550. The molecule has 1 amide bonds. The lowest BCUT2D eigenvalue weighted by Gasteiger charge is -2.26. The number of nitrogens with zero attached hydrogens (tertiary/aromatic N) is 3. The van der Waals surface area contributed by atoms with Gasteiger partial charge in [-0.15, -0.1) is 0 Å². The number of hydrogen-bond donors (Lipinski definition) is 3. The molecule has 2 aromatic heterocycles. The lowest BCUT2D eigenvalue weighted by atomic mass is 9.95. The summed E-state index contributed by atoms with van der Waals surface area (Å²) in [6.45, 7) is 5.63. The van der Waals surface area contributed by atoms with Crippen molar-refractivity contribution in [3.63, 3.8) is 0 Å². The normalized spacial score (nSPS) is 26.0. The number of rotatable bonds is 6. The van der Waals surface area contributed by atoms with Crippen LogP contribution in [0.3, 0.4) is 0 Å². The second-order valence-electron chi connectivity index (χ2n) is 8.67. The smallest absolute Gasteiger partial charge is 0.405 e. The predicted molar refractivity (Wildman–Crippen MR) is 102 cm³/mol. The van der Waals surface area contributed by atoms with Crippen molar-refractivity contribution in [2.75, 3.05) is 13.1 Å². The summed E-state index contributed by atoms with van der Waals surface area (Å²) < 4.78 is 7.95. The monoisotopic (exact) mass is 383 g/mol. The molecule has 3 fully saturated rings. The molecular weight excluding hydrogens is 358 g/mol. The number of piperidine rings is 1. The third-order valence-corrected chi connectivity index (χ3v) is 6.09.